The van der Waals surface area contributed by atoms with E-state index < -0.39 is 43.5 Å². The molecule has 0 saturated carbocycles. The Bertz CT molecular complexity index is 452. The average Bonchev–Trinajstić information content (AvgIpc) is 2.76. The molecule has 2 atom stereocenters. The van der Waals surface area contributed by atoms with E-state index in [1.54, 1.807) is 0 Å². The van der Waals surface area contributed by atoms with Crippen molar-refractivity contribution in [1.82, 2.24) is 0 Å². The van der Waals surface area contributed by atoms with Crippen molar-refractivity contribution in [2.75, 3.05) is 13.2 Å². The van der Waals surface area contributed by atoms with Crippen molar-refractivity contribution in [2.45, 2.75) is 135 Å². The summed E-state index contributed by atoms with van der Waals surface area (Å²) in [6, 6.07) is 0. The molecular formula is C25H48O7. The lowest BCUT2D eigenvalue weighted by molar-refractivity contribution is -0.160. The summed E-state index contributed by atoms with van der Waals surface area (Å²) >= 11 is 0. The van der Waals surface area contributed by atoms with Crippen molar-refractivity contribution in [3.8, 4) is 0 Å². The van der Waals surface area contributed by atoms with Crippen LogP contribution in [0.5, 0.6) is 0 Å². The van der Waals surface area contributed by atoms with Crippen LogP contribution in [0.1, 0.15) is 117 Å². The van der Waals surface area contributed by atoms with E-state index in [0.29, 0.717) is 19.3 Å². The second kappa shape index (κ2) is 21.7. The first kappa shape index (κ1) is 30.8. The summed E-state index contributed by atoms with van der Waals surface area (Å²) in [6.07, 6.45) is 14.4. The zero-order chi connectivity index (χ0) is 24.0. The van der Waals surface area contributed by atoms with Gasteiger partial charge in [0, 0.05) is 6.92 Å². The zero-order valence-electron chi connectivity index (χ0n) is 20.4. The van der Waals surface area contributed by atoms with Gasteiger partial charge in [-0.1, -0.05) is 84.0 Å². The van der Waals surface area contributed by atoms with E-state index in [4.69, 9.17) is 19.7 Å². The number of rotatable bonds is 22. The fourth-order valence-corrected chi connectivity index (χ4v) is 3.73. The third kappa shape index (κ3) is 19.5. The Morgan fingerprint density at radius 3 is 1.66 bits per heavy atom. The Morgan fingerprint density at radius 2 is 1.19 bits per heavy atom. The lowest BCUT2D eigenvalue weighted by Crippen LogP contribution is -2.29. The largest absolute Gasteiger partial charge is 0.462 e. The van der Waals surface area contributed by atoms with Crippen LogP contribution in [0, 0.1) is 0 Å². The number of carbonyl (C=O) groups is 2. The third-order valence-electron chi connectivity index (χ3n) is 5.65. The molecule has 0 radical (unpaired) electrons. The maximum Gasteiger partial charge on any atom is 0.309 e. The van der Waals surface area contributed by atoms with Crippen molar-refractivity contribution in [3.05, 3.63) is 0 Å². The minimum absolute atomic E-state index is 0.165. The number of unbranched alkanes of at least 4 members (excludes halogenated alkanes) is 11. The zero-order valence-corrected chi connectivity index (χ0v) is 20.4. The molecule has 0 saturated heterocycles. The van der Waals surface area contributed by atoms with E-state index >= 15 is 0 Å². The van der Waals surface area contributed by atoms with Crippen molar-refractivity contribution < 1.29 is 34.4 Å². The molecule has 0 aromatic rings. The van der Waals surface area contributed by atoms with Crippen LogP contribution in [-0.4, -0.2) is 58.8 Å². The highest BCUT2D eigenvalue weighted by Gasteiger charge is 2.21. The summed E-state index contributed by atoms with van der Waals surface area (Å²) in [5, 5.41) is 28.2. The standard InChI is InChI=1S/C25H48O7/c1-3-4-5-6-7-8-9-10-11-12-13-14-15-22(29)16-17-23(31-21(2)28)18-25(30)32-24(19-26)20-27/h22-24,26-27,29H,3-20H2,1-2H3/t22-,23+/m0/s1. The third-order valence-corrected chi connectivity index (χ3v) is 5.65. The van der Waals surface area contributed by atoms with Crippen LogP contribution in [0.15, 0.2) is 0 Å². The second-order valence-electron chi connectivity index (χ2n) is 8.82. The summed E-state index contributed by atoms with van der Waals surface area (Å²) in [4.78, 5) is 23.2. The Labute approximate surface area is 194 Å². The fourth-order valence-electron chi connectivity index (χ4n) is 3.73. The topological polar surface area (TPSA) is 113 Å². The Balaban J connectivity index is 3.86. The molecule has 0 bridgehead atoms. The van der Waals surface area contributed by atoms with Crippen LogP contribution in [0.25, 0.3) is 0 Å². The van der Waals surface area contributed by atoms with Crippen LogP contribution in [0.2, 0.25) is 0 Å². The highest BCUT2D eigenvalue weighted by molar-refractivity contribution is 5.71. The molecule has 7 heteroatoms. The molecular weight excluding hydrogens is 412 g/mol. The van der Waals surface area contributed by atoms with E-state index in [1.807, 2.05) is 0 Å². The molecule has 0 fully saturated rings. The summed E-state index contributed by atoms with van der Waals surface area (Å²) in [5.74, 6) is -1.15. The number of aliphatic hydroxyl groups is 3. The Hall–Kier alpha value is -1.18. The lowest BCUT2D eigenvalue weighted by Gasteiger charge is -2.20. The molecule has 0 aliphatic rings. The van der Waals surface area contributed by atoms with Crippen molar-refractivity contribution >= 4 is 11.9 Å². The van der Waals surface area contributed by atoms with Gasteiger partial charge in [-0.25, -0.2) is 0 Å². The minimum atomic E-state index is -0.975. The van der Waals surface area contributed by atoms with Gasteiger partial charge < -0.3 is 24.8 Å². The van der Waals surface area contributed by atoms with Crippen LogP contribution < -0.4 is 0 Å². The first-order valence-electron chi connectivity index (χ1n) is 12.7. The predicted octanol–water partition coefficient (Wildman–Crippen LogP) is 4.44. The molecule has 0 amide bonds. The molecule has 32 heavy (non-hydrogen) atoms. The van der Waals surface area contributed by atoms with E-state index in [9.17, 15) is 14.7 Å². The van der Waals surface area contributed by atoms with E-state index in [1.165, 1.54) is 71.1 Å². The number of hydrogen-bond donors (Lipinski definition) is 3. The Morgan fingerprint density at radius 1 is 0.688 bits per heavy atom. The molecule has 190 valence electrons. The van der Waals surface area contributed by atoms with Crippen molar-refractivity contribution in [2.24, 2.45) is 0 Å². The number of aliphatic hydroxyl groups excluding tert-OH is 3. The number of hydrogen-bond acceptors (Lipinski definition) is 7. The molecule has 0 aliphatic heterocycles. The lowest BCUT2D eigenvalue weighted by atomic mass is 10.0. The number of esters is 2. The quantitative estimate of drug-likeness (QED) is 0.162. The van der Waals surface area contributed by atoms with Gasteiger partial charge in [0.05, 0.1) is 25.7 Å². The SMILES string of the molecule is CCCCCCCCCCCCCC[C@H](O)CC[C@H](CC(=O)OC(CO)CO)OC(C)=O. The normalized spacial score (nSPS) is 13.2. The highest BCUT2D eigenvalue weighted by Crippen LogP contribution is 2.16. The summed E-state index contributed by atoms with van der Waals surface area (Å²) in [5.41, 5.74) is 0. The Kier molecular flexibility index (Phi) is 20.9. The van der Waals surface area contributed by atoms with Gasteiger partial charge in [0.1, 0.15) is 12.2 Å². The van der Waals surface area contributed by atoms with Crippen molar-refractivity contribution in [3.63, 3.8) is 0 Å². The first-order chi connectivity index (χ1) is 15.4. The summed E-state index contributed by atoms with van der Waals surface area (Å²) in [6.45, 7) is 2.56. The van der Waals surface area contributed by atoms with Crippen molar-refractivity contribution in [1.29, 1.82) is 0 Å². The van der Waals surface area contributed by atoms with Crippen LogP contribution in [-0.2, 0) is 19.1 Å². The van der Waals surface area contributed by atoms with Gasteiger partial charge >= 0.3 is 11.9 Å². The average molecular weight is 461 g/mol. The monoisotopic (exact) mass is 460 g/mol. The van der Waals surface area contributed by atoms with Gasteiger partial charge in [0.15, 0.2) is 0 Å². The molecule has 0 heterocycles. The molecule has 0 aromatic heterocycles. The smallest absolute Gasteiger partial charge is 0.309 e. The van der Waals surface area contributed by atoms with E-state index in [-0.39, 0.29) is 6.42 Å². The number of ether oxygens (including phenoxy) is 2. The summed E-state index contributed by atoms with van der Waals surface area (Å²) in [7, 11) is 0. The molecule has 7 nitrogen and oxygen atoms in total. The highest BCUT2D eigenvalue weighted by atomic mass is 16.6. The van der Waals surface area contributed by atoms with Gasteiger partial charge in [0.2, 0.25) is 0 Å². The van der Waals surface area contributed by atoms with Gasteiger partial charge in [-0.05, 0) is 19.3 Å². The van der Waals surface area contributed by atoms with Gasteiger partial charge in [-0.15, -0.1) is 0 Å². The van der Waals surface area contributed by atoms with Crippen LogP contribution in [0.4, 0.5) is 0 Å². The second-order valence-corrected chi connectivity index (χ2v) is 8.82. The molecule has 3 N–H and O–H groups in total. The van der Waals surface area contributed by atoms with Gasteiger partial charge in [0.25, 0.3) is 0 Å². The van der Waals surface area contributed by atoms with Gasteiger partial charge in [-0.2, -0.15) is 0 Å². The fraction of sp³-hybridized carbons (Fsp3) is 0.920. The summed E-state index contributed by atoms with van der Waals surface area (Å²) < 4.78 is 10.1. The molecule has 0 aliphatic carbocycles. The first-order valence-corrected chi connectivity index (χ1v) is 12.7. The maximum absolute atomic E-state index is 11.9. The maximum atomic E-state index is 11.9. The molecule has 0 unspecified atom stereocenters. The molecule has 0 rings (SSSR count). The molecule has 0 spiro atoms. The number of carbonyl (C=O) groups excluding carboxylic acids is 2. The minimum Gasteiger partial charge on any atom is -0.462 e. The predicted molar refractivity (Wildman–Crippen MR) is 125 cm³/mol. The van der Waals surface area contributed by atoms with Gasteiger partial charge in [-0.3, -0.25) is 9.59 Å². The van der Waals surface area contributed by atoms with Crippen LogP contribution >= 0.6 is 0 Å². The van der Waals surface area contributed by atoms with E-state index in [2.05, 4.69) is 6.92 Å². The van der Waals surface area contributed by atoms with E-state index in [0.717, 1.165) is 12.8 Å². The van der Waals surface area contributed by atoms with Crippen LogP contribution in [0.3, 0.4) is 0 Å². The molecule has 0 aromatic carbocycles.